The summed E-state index contributed by atoms with van der Waals surface area (Å²) in [4.78, 5) is 12.0. The van der Waals surface area contributed by atoms with Gasteiger partial charge >= 0.3 is 0 Å². The Kier molecular flexibility index (Phi) is 8.62. The molecule has 2 unspecified atom stereocenters. The van der Waals surface area contributed by atoms with Crippen LogP contribution in [-0.4, -0.2) is 40.0 Å². The van der Waals surface area contributed by atoms with Crippen LogP contribution in [0, 0.1) is 6.92 Å². The quantitative estimate of drug-likeness (QED) is 0.679. The van der Waals surface area contributed by atoms with Crippen molar-refractivity contribution in [2.45, 2.75) is 37.8 Å². The molecule has 0 aliphatic carbocycles. The summed E-state index contributed by atoms with van der Waals surface area (Å²) in [7, 11) is -1.90. The third-order valence-electron chi connectivity index (χ3n) is 3.13. The Morgan fingerprint density at radius 2 is 1.73 bits per heavy atom. The second-order valence-electron chi connectivity index (χ2n) is 5.09. The SMILES string of the molecule is CNC(C)CNC(=O)C(C)NS(=O)(=O)c1ccc(C)cc1.Cl. The van der Waals surface area contributed by atoms with Crippen LogP contribution in [-0.2, 0) is 14.8 Å². The lowest BCUT2D eigenvalue weighted by atomic mass is 10.2. The first kappa shape index (κ1) is 20.9. The van der Waals surface area contributed by atoms with Crippen molar-refractivity contribution in [2.75, 3.05) is 13.6 Å². The van der Waals surface area contributed by atoms with E-state index in [1.54, 1.807) is 19.2 Å². The number of halogens is 1. The molecule has 3 N–H and O–H groups in total. The molecule has 126 valence electrons. The number of benzene rings is 1. The number of aryl methyl sites for hydroxylation is 1. The highest BCUT2D eigenvalue weighted by molar-refractivity contribution is 7.89. The Labute approximate surface area is 138 Å². The van der Waals surface area contributed by atoms with Gasteiger partial charge < -0.3 is 10.6 Å². The van der Waals surface area contributed by atoms with Crippen LogP contribution in [0.5, 0.6) is 0 Å². The fourth-order valence-electron chi connectivity index (χ4n) is 1.58. The van der Waals surface area contributed by atoms with Crippen LogP contribution in [0.1, 0.15) is 19.4 Å². The van der Waals surface area contributed by atoms with Gasteiger partial charge in [-0.15, -0.1) is 12.4 Å². The van der Waals surface area contributed by atoms with Gasteiger partial charge in [-0.3, -0.25) is 4.79 Å². The number of likely N-dealkylation sites (N-methyl/N-ethyl adjacent to an activating group) is 1. The van der Waals surface area contributed by atoms with E-state index in [0.717, 1.165) is 5.56 Å². The van der Waals surface area contributed by atoms with Gasteiger partial charge in [0.2, 0.25) is 15.9 Å². The van der Waals surface area contributed by atoms with Crippen LogP contribution < -0.4 is 15.4 Å². The van der Waals surface area contributed by atoms with Crippen LogP contribution >= 0.6 is 12.4 Å². The molecule has 0 saturated heterocycles. The second kappa shape index (κ2) is 9.09. The minimum absolute atomic E-state index is 0. The fraction of sp³-hybridized carbons (Fsp3) is 0.500. The molecule has 1 aromatic rings. The van der Waals surface area contributed by atoms with Gasteiger partial charge in [-0.05, 0) is 40.0 Å². The lowest BCUT2D eigenvalue weighted by Crippen LogP contribution is -2.47. The van der Waals surface area contributed by atoms with E-state index in [1.165, 1.54) is 19.1 Å². The van der Waals surface area contributed by atoms with Crippen molar-refractivity contribution in [1.82, 2.24) is 15.4 Å². The number of hydrogen-bond acceptors (Lipinski definition) is 4. The third kappa shape index (κ3) is 6.31. The summed E-state index contributed by atoms with van der Waals surface area (Å²) in [6.45, 7) is 5.75. The smallest absolute Gasteiger partial charge is 0.241 e. The van der Waals surface area contributed by atoms with Crippen molar-refractivity contribution in [3.05, 3.63) is 29.8 Å². The normalized spacial score (nSPS) is 13.8. The zero-order chi connectivity index (χ0) is 16.0. The second-order valence-corrected chi connectivity index (χ2v) is 6.80. The highest BCUT2D eigenvalue weighted by Gasteiger charge is 2.21. The number of nitrogens with one attached hydrogen (secondary N) is 3. The van der Waals surface area contributed by atoms with Crippen LogP contribution in [0.2, 0.25) is 0 Å². The highest BCUT2D eigenvalue weighted by Crippen LogP contribution is 2.10. The Bertz CT molecular complexity index is 576. The average Bonchev–Trinajstić information content (AvgIpc) is 2.44. The minimum Gasteiger partial charge on any atom is -0.353 e. The molecule has 0 spiro atoms. The predicted molar refractivity (Wildman–Crippen MR) is 89.7 cm³/mol. The van der Waals surface area contributed by atoms with Gasteiger partial charge in [-0.25, -0.2) is 8.42 Å². The average molecular weight is 350 g/mol. The van der Waals surface area contributed by atoms with Gasteiger partial charge in [-0.2, -0.15) is 4.72 Å². The number of hydrogen-bond donors (Lipinski definition) is 3. The Hall–Kier alpha value is -1.15. The van der Waals surface area contributed by atoms with Gasteiger partial charge in [0.1, 0.15) is 0 Å². The Morgan fingerprint density at radius 3 is 2.23 bits per heavy atom. The molecule has 22 heavy (non-hydrogen) atoms. The molecule has 0 aliphatic rings. The highest BCUT2D eigenvalue weighted by atomic mass is 35.5. The number of carbonyl (C=O) groups excluding carboxylic acids is 1. The summed E-state index contributed by atoms with van der Waals surface area (Å²) in [5.41, 5.74) is 0.973. The van der Waals surface area contributed by atoms with Crippen molar-refractivity contribution < 1.29 is 13.2 Å². The summed E-state index contributed by atoms with van der Waals surface area (Å²) < 4.78 is 26.7. The van der Waals surface area contributed by atoms with Crippen LogP contribution in [0.25, 0.3) is 0 Å². The summed E-state index contributed by atoms with van der Waals surface area (Å²) in [6, 6.07) is 5.76. The maximum atomic E-state index is 12.1. The van der Waals surface area contributed by atoms with Crippen LogP contribution in [0.15, 0.2) is 29.2 Å². The predicted octanol–water partition coefficient (Wildman–Crippen LogP) is 0.808. The van der Waals surface area contributed by atoms with E-state index in [2.05, 4.69) is 15.4 Å². The van der Waals surface area contributed by atoms with E-state index in [9.17, 15) is 13.2 Å². The van der Waals surface area contributed by atoms with E-state index < -0.39 is 16.1 Å². The molecule has 0 bridgehead atoms. The number of carbonyl (C=O) groups is 1. The lowest BCUT2D eigenvalue weighted by molar-refractivity contribution is -0.122. The van der Waals surface area contributed by atoms with Gasteiger partial charge in [0.05, 0.1) is 10.9 Å². The number of amides is 1. The minimum atomic E-state index is -3.69. The molecule has 0 saturated carbocycles. The zero-order valence-electron chi connectivity index (χ0n) is 13.2. The van der Waals surface area contributed by atoms with Gasteiger partial charge in [-0.1, -0.05) is 17.7 Å². The summed E-state index contributed by atoms with van der Waals surface area (Å²) in [6.07, 6.45) is 0. The molecular formula is C14H24ClN3O3S. The molecule has 1 amide bonds. The van der Waals surface area contributed by atoms with E-state index in [4.69, 9.17) is 0 Å². The molecule has 6 nitrogen and oxygen atoms in total. The Morgan fingerprint density at radius 1 is 1.18 bits per heavy atom. The van der Waals surface area contributed by atoms with Gasteiger partial charge in [0.15, 0.2) is 0 Å². The molecule has 0 aliphatic heterocycles. The first-order valence-electron chi connectivity index (χ1n) is 6.80. The fourth-order valence-corrected chi connectivity index (χ4v) is 2.78. The largest absolute Gasteiger partial charge is 0.353 e. The van der Waals surface area contributed by atoms with Gasteiger partial charge in [0, 0.05) is 12.6 Å². The van der Waals surface area contributed by atoms with Gasteiger partial charge in [0.25, 0.3) is 0 Å². The lowest BCUT2D eigenvalue weighted by Gasteiger charge is -2.16. The molecule has 2 atom stereocenters. The topological polar surface area (TPSA) is 87.3 Å². The van der Waals surface area contributed by atoms with E-state index >= 15 is 0 Å². The van der Waals surface area contributed by atoms with Crippen molar-refractivity contribution >= 4 is 28.3 Å². The summed E-state index contributed by atoms with van der Waals surface area (Å²) >= 11 is 0. The zero-order valence-corrected chi connectivity index (χ0v) is 14.8. The molecule has 0 radical (unpaired) electrons. The molecule has 0 fully saturated rings. The monoisotopic (exact) mass is 349 g/mol. The first-order valence-corrected chi connectivity index (χ1v) is 8.28. The summed E-state index contributed by atoms with van der Waals surface area (Å²) in [5.74, 6) is -0.354. The number of sulfonamides is 1. The molecular weight excluding hydrogens is 326 g/mol. The van der Waals surface area contributed by atoms with E-state index in [1.807, 2.05) is 13.8 Å². The standard InChI is InChI=1S/C14H23N3O3S.ClH/c1-10-5-7-13(8-6-10)21(19,20)17-12(3)14(18)16-9-11(2)15-4;/h5-8,11-12,15,17H,9H2,1-4H3,(H,16,18);1H. The van der Waals surface area contributed by atoms with E-state index in [-0.39, 0.29) is 29.3 Å². The Balaban J connectivity index is 0.00000441. The number of rotatable bonds is 7. The van der Waals surface area contributed by atoms with E-state index in [0.29, 0.717) is 6.54 Å². The third-order valence-corrected chi connectivity index (χ3v) is 4.69. The van der Waals surface area contributed by atoms with Crippen molar-refractivity contribution in [1.29, 1.82) is 0 Å². The maximum absolute atomic E-state index is 12.1. The summed E-state index contributed by atoms with van der Waals surface area (Å²) in [5, 5.41) is 5.67. The molecule has 0 aromatic heterocycles. The van der Waals surface area contributed by atoms with Crippen molar-refractivity contribution in [3.63, 3.8) is 0 Å². The first-order chi connectivity index (χ1) is 9.76. The van der Waals surface area contributed by atoms with Crippen LogP contribution in [0.4, 0.5) is 0 Å². The molecule has 1 aromatic carbocycles. The van der Waals surface area contributed by atoms with Crippen LogP contribution in [0.3, 0.4) is 0 Å². The van der Waals surface area contributed by atoms with Crippen molar-refractivity contribution in [2.24, 2.45) is 0 Å². The maximum Gasteiger partial charge on any atom is 0.241 e. The molecule has 8 heteroatoms. The molecule has 0 heterocycles. The molecule has 1 rings (SSSR count). The van der Waals surface area contributed by atoms with Crippen molar-refractivity contribution in [3.8, 4) is 0 Å².